The summed E-state index contributed by atoms with van der Waals surface area (Å²) < 4.78 is 10.8. The Bertz CT molecular complexity index is 495. The van der Waals surface area contributed by atoms with Gasteiger partial charge in [0.1, 0.15) is 6.61 Å². The highest BCUT2D eigenvalue weighted by molar-refractivity contribution is 5.67. The van der Waals surface area contributed by atoms with Gasteiger partial charge in [0.25, 0.3) is 0 Å². The van der Waals surface area contributed by atoms with E-state index in [1.807, 2.05) is 35.2 Å². The zero-order valence-electron chi connectivity index (χ0n) is 14.3. The molecule has 0 atom stereocenters. The molecule has 0 radical (unpaired) electrons. The molecule has 0 spiro atoms. The monoisotopic (exact) mass is 332 g/mol. The van der Waals surface area contributed by atoms with Gasteiger partial charge in [-0.05, 0) is 43.7 Å². The Labute approximate surface area is 144 Å². The minimum absolute atomic E-state index is 0.185. The molecule has 132 valence electrons. The molecule has 1 aromatic carbocycles. The van der Waals surface area contributed by atoms with E-state index in [0.29, 0.717) is 18.6 Å². The Balaban J connectivity index is 1.33. The third-order valence-electron chi connectivity index (χ3n) is 4.99. The lowest BCUT2D eigenvalue weighted by Gasteiger charge is -2.33. The predicted octanol–water partition coefficient (Wildman–Crippen LogP) is 2.80. The summed E-state index contributed by atoms with van der Waals surface area (Å²) in [5, 5.41) is 3.67. The quantitative estimate of drug-likeness (QED) is 0.901. The highest BCUT2D eigenvalue weighted by Crippen LogP contribution is 2.18. The lowest BCUT2D eigenvalue weighted by Crippen LogP contribution is -2.43. The molecule has 0 aliphatic carbocycles. The number of benzene rings is 1. The van der Waals surface area contributed by atoms with Gasteiger partial charge in [-0.3, -0.25) is 0 Å². The van der Waals surface area contributed by atoms with Crippen LogP contribution in [0.4, 0.5) is 4.79 Å². The zero-order valence-corrected chi connectivity index (χ0v) is 14.3. The number of likely N-dealkylation sites (tertiary alicyclic amines) is 1. The highest BCUT2D eigenvalue weighted by atomic mass is 16.6. The molecule has 24 heavy (non-hydrogen) atoms. The third kappa shape index (κ3) is 5.21. The van der Waals surface area contributed by atoms with Crippen LogP contribution in [0.15, 0.2) is 30.3 Å². The van der Waals surface area contributed by atoms with Gasteiger partial charge in [-0.25, -0.2) is 4.79 Å². The van der Waals surface area contributed by atoms with Gasteiger partial charge in [0.15, 0.2) is 0 Å². The van der Waals surface area contributed by atoms with E-state index in [0.717, 1.165) is 64.1 Å². The first kappa shape index (κ1) is 17.2. The van der Waals surface area contributed by atoms with Crippen molar-refractivity contribution >= 4 is 6.09 Å². The molecular weight excluding hydrogens is 304 g/mol. The van der Waals surface area contributed by atoms with E-state index in [2.05, 4.69) is 5.32 Å². The summed E-state index contributed by atoms with van der Waals surface area (Å²) in [6, 6.07) is 10.4. The van der Waals surface area contributed by atoms with Gasteiger partial charge in [0.05, 0.1) is 0 Å². The molecule has 2 aliphatic heterocycles. The van der Waals surface area contributed by atoms with Gasteiger partial charge in [0.2, 0.25) is 0 Å². The van der Waals surface area contributed by atoms with Crippen molar-refractivity contribution in [1.29, 1.82) is 0 Å². The number of hydrogen-bond donors (Lipinski definition) is 1. The molecule has 1 N–H and O–H groups in total. The van der Waals surface area contributed by atoms with Crippen LogP contribution in [0.5, 0.6) is 0 Å². The second-order valence-electron chi connectivity index (χ2n) is 6.77. The maximum absolute atomic E-state index is 12.2. The van der Waals surface area contributed by atoms with Crippen molar-refractivity contribution in [3.05, 3.63) is 35.9 Å². The van der Waals surface area contributed by atoms with Crippen molar-refractivity contribution in [2.75, 3.05) is 32.8 Å². The van der Waals surface area contributed by atoms with Crippen LogP contribution >= 0.6 is 0 Å². The number of ether oxygens (including phenoxy) is 2. The summed E-state index contributed by atoms with van der Waals surface area (Å²) in [6.45, 7) is 4.76. The zero-order chi connectivity index (χ0) is 16.6. The van der Waals surface area contributed by atoms with Crippen LogP contribution in [-0.4, -0.2) is 49.9 Å². The molecule has 2 saturated heterocycles. The molecule has 1 aromatic rings. The minimum atomic E-state index is -0.185. The van der Waals surface area contributed by atoms with Crippen LogP contribution in [0.25, 0.3) is 0 Å². The van der Waals surface area contributed by atoms with Crippen molar-refractivity contribution in [2.24, 2.45) is 5.92 Å². The van der Waals surface area contributed by atoms with E-state index < -0.39 is 0 Å². The van der Waals surface area contributed by atoms with Crippen LogP contribution in [0, 0.1) is 5.92 Å². The van der Waals surface area contributed by atoms with Crippen LogP contribution < -0.4 is 5.32 Å². The van der Waals surface area contributed by atoms with Gasteiger partial charge >= 0.3 is 6.09 Å². The first-order chi connectivity index (χ1) is 11.8. The van der Waals surface area contributed by atoms with E-state index in [1.165, 1.54) is 0 Å². The van der Waals surface area contributed by atoms with Crippen LogP contribution in [-0.2, 0) is 16.1 Å². The number of amides is 1. The fourth-order valence-corrected chi connectivity index (χ4v) is 3.37. The fourth-order valence-electron chi connectivity index (χ4n) is 3.37. The summed E-state index contributed by atoms with van der Waals surface area (Å²) >= 11 is 0. The number of hydrogen-bond acceptors (Lipinski definition) is 4. The van der Waals surface area contributed by atoms with Gasteiger partial charge in [-0.15, -0.1) is 0 Å². The third-order valence-corrected chi connectivity index (χ3v) is 4.99. The van der Waals surface area contributed by atoms with Crippen molar-refractivity contribution < 1.29 is 14.3 Å². The topological polar surface area (TPSA) is 50.8 Å². The van der Waals surface area contributed by atoms with Gasteiger partial charge in [0, 0.05) is 32.3 Å². The Morgan fingerprint density at radius 3 is 2.54 bits per heavy atom. The maximum Gasteiger partial charge on any atom is 0.410 e. The first-order valence-corrected chi connectivity index (χ1v) is 9.08. The lowest BCUT2D eigenvalue weighted by atomic mass is 9.96. The predicted molar refractivity (Wildman–Crippen MR) is 92.8 cm³/mol. The minimum Gasteiger partial charge on any atom is -0.445 e. The lowest BCUT2D eigenvalue weighted by molar-refractivity contribution is 0.0712. The van der Waals surface area contributed by atoms with Crippen molar-refractivity contribution in [1.82, 2.24) is 10.2 Å². The summed E-state index contributed by atoms with van der Waals surface area (Å²) in [6.07, 6.45) is 4.15. The summed E-state index contributed by atoms with van der Waals surface area (Å²) in [5.74, 6) is 0.658. The molecule has 0 saturated carbocycles. The molecule has 1 amide bonds. The van der Waals surface area contributed by atoms with Gasteiger partial charge in [-0.1, -0.05) is 30.3 Å². The normalized spacial score (nSPS) is 20.1. The van der Waals surface area contributed by atoms with Crippen LogP contribution in [0.2, 0.25) is 0 Å². The molecular formula is C19H28N2O3. The van der Waals surface area contributed by atoms with Crippen LogP contribution in [0.3, 0.4) is 0 Å². The van der Waals surface area contributed by atoms with Gasteiger partial charge in [-0.2, -0.15) is 0 Å². The SMILES string of the molecule is O=C(OCc1ccccc1)N1CCC(CNC2CCOCC2)CC1. The second-order valence-corrected chi connectivity index (χ2v) is 6.77. The molecule has 2 heterocycles. The second kappa shape index (κ2) is 9.04. The number of carbonyl (C=O) groups excluding carboxylic acids is 1. The number of rotatable bonds is 5. The summed E-state index contributed by atoms with van der Waals surface area (Å²) in [5.41, 5.74) is 1.03. The van der Waals surface area contributed by atoms with Crippen molar-refractivity contribution in [3.8, 4) is 0 Å². The largest absolute Gasteiger partial charge is 0.445 e. The Morgan fingerprint density at radius 1 is 1.12 bits per heavy atom. The van der Waals surface area contributed by atoms with E-state index >= 15 is 0 Å². The molecule has 2 fully saturated rings. The molecule has 5 heteroatoms. The average molecular weight is 332 g/mol. The van der Waals surface area contributed by atoms with E-state index in [1.54, 1.807) is 0 Å². The fraction of sp³-hybridized carbons (Fsp3) is 0.632. The first-order valence-electron chi connectivity index (χ1n) is 9.08. The van der Waals surface area contributed by atoms with Gasteiger partial charge < -0.3 is 19.7 Å². The van der Waals surface area contributed by atoms with E-state index in [4.69, 9.17) is 9.47 Å². The molecule has 0 unspecified atom stereocenters. The molecule has 3 rings (SSSR count). The number of piperidine rings is 1. The van der Waals surface area contributed by atoms with Crippen LogP contribution in [0.1, 0.15) is 31.2 Å². The van der Waals surface area contributed by atoms with Crippen molar-refractivity contribution in [3.63, 3.8) is 0 Å². The summed E-state index contributed by atoms with van der Waals surface area (Å²) in [4.78, 5) is 14.0. The van der Waals surface area contributed by atoms with E-state index in [9.17, 15) is 4.79 Å². The van der Waals surface area contributed by atoms with Crippen molar-refractivity contribution in [2.45, 2.75) is 38.3 Å². The molecule has 2 aliphatic rings. The molecule has 5 nitrogen and oxygen atoms in total. The Kier molecular flexibility index (Phi) is 6.49. The average Bonchev–Trinajstić information content (AvgIpc) is 2.66. The van der Waals surface area contributed by atoms with E-state index in [-0.39, 0.29) is 6.09 Å². The molecule has 0 bridgehead atoms. The number of carbonyl (C=O) groups is 1. The smallest absolute Gasteiger partial charge is 0.410 e. The Morgan fingerprint density at radius 2 is 1.83 bits per heavy atom. The maximum atomic E-state index is 12.2. The molecule has 0 aromatic heterocycles. The summed E-state index contributed by atoms with van der Waals surface area (Å²) in [7, 11) is 0. The number of nitrogens with zero attached hydrogens (tertiary/aromatic N) is 1. The number of nitrogens with one attached hydrogen (secondary N) is 1. The Hall–Kier alpha value is -1.59. The standard InChI is InChI=1S/C19H28N2O3/c22-19(24-15-17-4-2-1-3-5-17)21-10-6-16(7-11-21)14-20-18-8-12-23-13-9-18/h1-5,16,18,20H,6-15H2. The highest BCUT2D eigenvalue weighted by Gasteiger charge is 2.24.